The number of carbonyl (C=O) groups is 2. The van der Waals surface area contributed by atoms with E-state index in [1.165, 1.54) is 11.1 Å². The largest absolute Gasteiger partial charge is 0.497 e. The van der Waals surface area contributed by atoms with Crippen molar-refractivity contribution in [3.8, 4) is 5.75 Å². The van der Waals surface area contributed by atoms with Crippen molar-refractivity contribution in [2.75, 3.05) is 44.8 Å². The minimum Gasteiger partial charge on any atom is -0.497 e. The van der Waals surface area contributed by atoms with Gasteiger partial charge in [0.05, 0.1) is 33.3 Å². The highest BCUT2D eigenvalue weighted by molar-refractivity contribution is 6.31. The highest BCUT2D eigenvalue weighted by Crippen LogP contribution is 2.30. The molecule has 2 heterocycles. The number of quaternary nitrogens is 1. The maximum atomic E-state index is 13.2. The third-order valence-corrected chi connectivity index (χ3v) is 8.40. The van der Waals surface area contributed by atoms with Gasteiger partial charge in [0.1, 0.15) is 11.4 Å². The summed E-state index contributed by atoms with van der Waals surface area (Å²) in [5.41, 5.74) is 20.1. The molecule has 10 heteroatoms. The van der Waals surface area contributed by atoms with Gasteiger partial charge in [-0.2, -0.15) is 0 Å². The molecule has 0 aliphatic carbocycles. The predicted molar refractivity (Wildman–Crippen MR) is 162 cm³/mol. The van der Waals surface area contributed by atoms with Gasteiger partial charge < -0.3 is 26.4 Å². The molecule has 0 radical (unpaired) electrons. The van der Waals surface area contributed by atoms with E-state index in [2.05, 4.69) is 22.1 Å². The molecule has 6 N–H and O–H groups in total. The van der Waals surface area contributed by atoms with Crippen LogP contribution in [0.2, 0.25) is 5.15 Å². The van der Waals surface area contributed by atoms with Crippen molar-refractivity contribution in [2.24, 2.45) is 11.7 Å². The SMILES string of the molecule is COc1ccc(CCC[N+]2(CCCc3ccc(C(N)=O)cc3)CCCC(CC(=O)c3nc(Cl)c(N)nc3N)C2)cc1. The average molecular weight is 580 g/mol. The summed E-state index contributed by atoms with van der Waals surface area (Å²) in [6.07, 6.45) is 6.34. The van der Waals surface area contributed by atoms with Gasteiger partial charge in [-0.1, -0.05) is 35.9 Å². The maximum Gasteiger partial charge on any atom is 0.248 e. The number of aromatic nitrogens is 2. The number of ether oxygens (including phenoxy) is 1. The van der Waals surface area contributed by atoms with Crippen LogP contribution in [-0.2, 0) is 12.8 Å². The molecule has 1 fully saturated rings. The van der Waals surface area contributed by atoms with Crippen LogP contribution in [0.25, 0.3) is 0 Å². The Morgan fingerprint density at radius 3 is 2.15 bits per heavy atom. The quantitative estimate of drug-likeness (QED) is 0.200. The Morgan fingerprint density at radius 1 is 0.951 bits per heavy atom. The van der Waals surface area contributed by atoms with Gasteiger partial charge in [0.25, 0.3) is 0 Å². The molecule has 2 unspecified atom stereocenters. The van der Waals surface area contributed by atoms with Gasteiger partial charge in [-0.3, -0.25) is 9.59 Å². The molecule has 0 saturated carbocycles. The second kappa shape index (κ2) is 13.8. The van der Waals surface area contributed by atoms with E-state index in [1.807, 2.05) is 24.3 Å². The highest BCUT2D eigenvalue weighted by atomic mass is 35.5. The third kappa shape index (κ3) is 8.17. The van der Waals surface area contributed by atoms with Crippen LogP contribution < -0.4 is 21.9 Å². The molecule has 3 aromatic rings. The molecule has 4 rings (SSSR count). The Balaban J connectivity index is 1.43. The lowest BCUT2D eigenvalue weighted by molar-refractivity contribution is -0.936. The molecule has 0 spiro atoms. The van der Waals surface area contributed by atoms with Gasteiger partial charge in [-0.15, -0.1) is 0 Å². The molecule has 0 bridgehead atoms. The first kappa shape index (κ1) is 30.3. The van der Waals surface area contributed by atoms with Crippen LogP contribution >= 0.6 is 11.6 Å². The van der Waals surface area contributed by atoms with Gasteiger partial charge in [0, 0.05) is 30.7 Å². The van der Waals surface area contributed by atoms with Crippen molar-refractivity contribution in [3.05, 3.63) is 76.1 Å². The number of hydrogen-bond acceptors (Lipinski definition) is 7. The van der Waals surface area contributed by atoms with Crippen molar-refractivity contribution in [1.29, 1.82) is 0 Å². The minimum absolute atomic E-state index is 0.00119. The number of piperidine rings is 1. The molecule has 1 aliphatic heterocycles. The predicted octanol–water partition coefficient (Wildman–Crippen LogP) is 4.47. The lowest BCUT2D eigenvalue weighted by Gasteiger charge is -2.45. The molecule has 2 atom stereocenters. The fourth-order valence-electron chi connectivity index (χ4n) is 6.00. The summed E-state index contributed by atoms with van der Waals surface area (Å²) in [4.78, 5) is 32.7. The second-order valence-electron chi connectivity index (χ2n) is 11.1. The standard InChI is InChI=1S/C31H39ClN6O3/c1-41-25-14-10-22(11-15-25)6-3-17-38(16-2-5-21-8-12-24(13-9-21)31(35)40)18-4-7-23(20-38)19-26(39)27-29(33)37-30(34)28(32)36-27/h8-15,23H,2-7,16-20H2,1H3,(H5-,33,34,35,37,39,40)/p+1. The summed E-state index contributed by atoms with van der Waals surface area (Å²) >= 11 is 6.04. The Labute approximate surface area is 246 Å². The summed E-state index contributed by atoms with van der Waals surface area (Å²) < 4.78 is 6.27. The van der Waals surface area contributed by atoms with Gasteiger partial charge in [0.15, 0.2) is 22.6 Å². The van der Waals surface area contributed by atoms with Crippen molar-refractivity contribution < 1.29 is 18.8 Å². The van der Waals surface area contributed by atoms with Gasteiger partial charge in [-0.05, 0) is 61.1 Å². The monoisotopic (exact) mass is 579 g/mol. The number of aryl methyl sites for hydroxylation is 2. The molecule has 9 nitrogen and oxygen atoms in total. The van der Waals surface area contributed by atoms with Crippen LogP contribution in [0, 0.1) is 5.92 Å². The molecule has 41 heavy (non-hydrogen) atoms. The number of carbonyl (C=O) groups excluding carboxylic acids is 2. The first-order chi connectivity index (χ1) is 19.7. The highest BCUT2D eigenvalue weighted by Gasteiger charge is 2.36. The summed E-state index contributed by atoms with van der Waals surface area (Å²) in [5.74, 6) is 0.558. The molecule has 1 amide bonds. The van der Waals surface area contributed by atoms with E-state index in [4.69, 9.17) is 33.5 Å². The molecular formula is C31H40ClN6O3+. The number of likely N-dealkylation sites (tertiary alicyclic amines) is 1. The molecule has 1 aromatic heterocycles. The lowest BCUT2D eigenvalue weighted by atomic mass is 9.89. The van der Waals surface area contributed by atoms with Gasteiger partial charge in [0.2, 0.25) is 5.91 Å². The van der Waals surface area contributed by atoms with Gasteiger partial charge in [-0.25, -0.2) is 9.97 Å². The van der Waals surface area contributed by atoms with Crippen LogP contribution in [0.1, 0.15) is 64.1 Å². The van der Waals surface area contributed by atoms with Crippen LogP contribution in [0.15, 0.2) is 48.5 Å². The number of ketones is 1. The van der Waals surface area contributed by atoms with Crippen molar-refractivity contribution in [3.63, 3.8) is 0 Å². The Hall–Kier alpha value is -3.69. The van der Waals surface area contributed by atoms with Crippen LogP contribution in [0.3, 0.4) is 0 Å². The molecule has 2 aromatic carbocycles. The zero-order chi connectivity index (χ0) is 29.4. The molecular weight excluding hydrogens is 540 g/mol. The van der Waals surface area contributed by atoms with Crippen molar-refractivity contribution >= 4 is 34.9 Å². The summed E-state index contributed by atoms with van der Waals surface area (Å²) in [5, 5.41) is -0.00119. The van der Waals surface area contributed by atoms with Crippen LogP contribution in [0.5, 0.6) is 5.75 Å². The molecule has 1 saturated heterocycles. The first-order valence-corrected chi connectivity index (χ1v) is 14.5. The summed E-state index contributed by atoms with van der Waals surface area (Å²) in [7, 11) is 1.68. The number of halogens is 1. The van der Waals surface area contributed by atoms with E-state index < -0.39 is 5.91 Å². The lowest BCUT2D eigenvalue weighted by Crippen LogP contribution is -2.55. The maximum absolute atomic E-state index is 13.2. The smallest absolute Gasteiger partial charge is 0.248 e. The van der Waals surface area contributed by atoms with E-state index in [1.54, 1.807) is 19.2 Å². The number of amides is 1. The number of nitrogen functional groups attached to an aromatic ring is 2. The average Bonchev–Trinajstić information content (AvgIpc) is 2.96. The third-order valence-electron chi connectivity index (χ3n) is 8.13. The van der Waals surface area contributed by atoms with E-state index in [-0.39, 0.29) is 34.2 Å². The number of nitrogens with zero attached hydrogens (tertiary/aromatic N) is 3. The fraction of sp³-hybridized carbons (Fsp3) is 0.419. The number of Topliss-reactive ketones (excluding diaryl/α,β-unsaturated/α-hetero) is 1. The minimum atomic E-state index is -0.416. The zero-order valence-corrected chi connectivity index (χ0v) is 24.4. The van der Waals surface area contributed by atoms with E-state index in [0.29, 0.717) is 12.0 Å². The van der Waals surface area contributed by atoms with Crippen molar-refractivity contribution in [2.45, 2.75) is 44.9 Å². The number of hydrogen-bond donors (Lipinski definition) is 3. The molecule has 1 aliphatic rings. The van der Waals surface area contributed by atoms with Crippen LogP contribution in [-0.4, -0.2) is 59.4 Å². The summed E-state index contributed by atoms with van der Waals surface area (Å²) in [6, 6.07) is 15.8. The van der Waals surface area contributed by atoms with Crippen molar-refractivity contribution in [1.82, 2.24) is 9.97 Å². The zero-order valence-electron chi connectivity index (χ0n) is 23.7. The number of rotatable bonds is 13. The van der Waals surface area contributed by atoms with Gasteiger partial charge >= 0.3 is 0 Å². The van der Waals surface area contributed by atoms with Crippen LogP contribution in [0.4, 0.5) is 11.6 Å². The molecule has 218 valence electrons. The van der Waals surface area contributed by atoms with E-state index in [9.17, 15) is 9.59 Å². The number of primary amides is 1. The first-order valence-electron chi connectivity index (χ1n) is 14.2. The fourth-order valence-corrected chi connectivity index (χ4v) is 6.13. The topological polar surface area (TPSA) is 147 Å². The number of anilines is 2. The normalized spacial score (nSPS) is 18.6. The Morgan fingerprint density at radius 2 is 1.56 bits per heavy atom. The summed E-state index contributed by atoms with van der Waals surface area (Å²) in [6.45, 7) is 4.06. The second-order valence-corrected chi connectivity index (χ2v) is 11.4. The number of benzene rings is 2. The Kier molecular flexibility index (Phi) is 10.2. The number of nitrogens with two attached hydrogens (primary N) is 3. The Bertz CT molecular complexity index is 1350. The van der Waals surface area contributed by atoms with E-state index in [0.717, 1.165) is 74.9 Å². The van der Waals surface area contributed by atoms with E-state index >= 15 is 0 Å². The number of methoxy groups -OCH3 is 1.